The van der Waals surface area contributed by atoms with Crippen LogP contribution in [0.1, 0.15) is 22.3 Å². The number of thioether (sulfide) groups is 1. The molecule has 0 amide bonds. The molecule has 1 unspecified atom stereocenters. The van der Waals surface area contributed by atoms with Crippen molar-refractivity contribution in [1.29, 1.82) is 0 Å². The van der Waals surface area contributed by atoms with E-state index < -0.39 is 6.10 Å². The number of fused-ring (bicyclic) bond motifs is 2. The van der Waals surface area contributed by atoms with Gasteiger partial charge in [0.25, 0.3) is 0 Å². The summed E-state index contributed by atoms with van der Waals surface area (Å²) in [6.07, 6.45) is -0.522. The Morgan fingerprint density at radius 2 is 1.68 bits per heavy atom. The molecule has 4 aromatic rings. The van der Waals surface area contributed by atoms with Gasteiger partial charge in [-0.2, -0.15) is 0 Å². The van der Waals surface area contributed by atoms with Gasteiger partial charge in [0.2, 0.25) is 0 Å². The van der Waals surface area contributed by atoms with Crippen LogP contribution in [0.15, 0.2) is 65.8 Å². The summed E-state index contributed by atoms with van der Waals surface area (Å²) in [5, 5.41) is 10.1. The smallest absolute Gasteiger partial charge is 0.196 e. The van der Waals surface area contributed by atoms with Gasteiger partial charge in [-0.05, 0) is 42.5 Å². The van der Waals surface area contributed by atoms with Crippen molar-refractivity contribution in [1.82, 2.24) is 14.8 Å². The predicted molar refractivity (Wildman–Crippen MR) is 146 cm³/mol. The van der Waals surface area contributed by atoms with E-state index in [1.165, 1.54) is 11.8 Å². The summed E-state index contributed by atoms with van der Waals surface area (Å²) in [7, 11) is 0. The van der Waals surface area contributed by atoms with E-state index in [9.17, 15) is 4.79 Å². The van der Waals surface area contributed by atoms with Gasteiger partial charge >= 0.3 is 0 Å². The molecule has 0 radical (unpaired) electrons. The van der Waals surface area contributed by atoms with Crippen molar-refractivity contribution in [3.63, 3.8) is 0 Å². The molecule has 2 aliphatic heterocycles. The molecule has 8 nitrogen and oxygen atoms in total. The molecule has 0 saturated carbocycles. The molecule has 6 rings (SSSR count). The first-order valence-corrected chi connectivity index (χ1v) is 13.2. The fourth-order valence-electron chi connectivity index (χ4n) is 4.07. The Morgan fingerprint density at radius 1 is 0.921 bits per heavy atom. The number of rotatable bonds is 6. The third kappa shape index (κ3) is 5.24. The van der Waals surface area contributed by atoms with Crippen molar-refractivity contribution in [2.24, 2.45) is 0 Å². The molecule has 2 aliphatic rings. The van der Waals surface area contributed by atoms with Crippen LogP contribution in [0, 0.1) is 0 Å². The van der Waals surface area contributed by atoms with Crippen molar-refractivity contribution in [2.75, 3.05) is 25.6 Å². The summed E-state index contributed by atoms with van der Waals surface area (Å²) >= 11 is 13.5. The van der Waals surface area contributed by atoms with Crippen LogP contribution in [0.4, 0.5) is 0 Å². The van der Waals surface area contributed by atoms with Gasteiger partial charge in [0.05, 0.1) is 16.5 Å². The molecule has 12 heteroatoms. The fraction of sp³-hybridized carbons (Fsp3) is 0.192. The molecule has 0 fully saturated rings. The molecule has 38 heavy (non-hydrogen) atoms. The second-order valence-electron chi connectivity index (χ2n) is 8.20. The highest BCUT2D eigenvalue weighted by Gasteiger charge is 2.30. The number of halogens is 3. The number of Topliss-reactive ketones (excluding diaryl/α,β-unsaturated/α-hetero) is 1. The van der Waals surface area contributed by atoms with E-state index >= 15 is 0 Å². The molecule has 0 saturated heterocycles. The van der Waals surface area contributed by atoms with Crippen LogP contribution < -0.4 is 18.9 Å². The van der Waals surface area contributed by atoms with Crippen molar-refractivity contribution in [3.05, 3.63) is 82.1 Å². The van der Waals surface area contributed by atoms with Gasteiger partial charge in [0.1, 0.15) is 19.8 Å². The van der Waals surface area contributed by atoms with Gasteiger partial charge in [0, 0.05) is 16.7 Å². The normalized spacial score (nSPS) is 15.5. The molecule has 0 N–H and O–H groups in total. The van der Waals surface area contributed by atoms with Crippen molar-refractivity contribution in [3.8, 4) is 28.7 Å². The van der Waals surface area contributed by atoms with Crippen molar-refractivity contribution < 1.29 is 23.7 Å². The molecular weight excluding hydrogens is 573 g/mol. The average molecular weight is 593 g/mol. The highest BCUT2D eigenvalue weighted by Crippen LogP contribution is 2.39. The number of aromatic nitrogens is 3. The van der Waals surface area contributed by atoms with Gasteiger partial charge in [0.15, 0.2) is 45.9 Å². The molecule has 3 aromatic carbocycles. The van der Waals surface area contributed by atoms with Crippen LogP contribution in [0.2, 0.25) is 10.0 Å². The Bertz CT molecular complexity index is 1500. The van der Waals surface area contributed by atoms with E-state index in [2.05, 4.69) is 10.2 Å². The van der Waals surface area contributed by atoms with Crippen LogP contribution in [0.25, 0.3) is 5.69 Å². The lowest BCUT2D eigenvalue weighted by Crippen LogP contribution is -2.24. The topological polar surface area (TPSA) is 84.7 Å². The molecule has 0 aliphatic carbocycles. The third-order valence-corrected chi connectivity index (χ3v) is 7.28. The third-order valence-electron chi connectivity index (χ3n) is 5.80. The van der Waals surface area contributed by atoms with Crippen LogP contribution in [0.3, 0.4) is 0 Å². The average Bonchev–Trinajstić information content (AvgIpc) is 3.35. The molecule has 0 bridgehead atoms. The standard InChI is InChI=1S/C26H19Cl2N3O5S.ClH/c27-15-5-7-17(18(28)11-15)19(32)14-37-26-30-29-25(24-13-35-20-3-1-2-4-22(20)36-24)31(26)16-6-8-21-23(12-16)34-10-9-33-21;/h1-8,11-12,24H,9-10,13-14H2;1H. The maximum atomic E-state index is 12.9. The number of carbonyl (C=O) groups is 1. The summed E-state index contributed by atoms with van der Waals surface area (Å²) in [6.45, 7) is 1.21. The number of benzene rings is 3. The Balaban J connectivity index is 0.00000294. The molecule has 3 heterocycles. The maximum Gasteiger partial charge on any atom is 0.196 e. The molecule has 1 atom stereocenters. The van der Waals surface area contributed by atoms with Gasteiger partial charge in [-0.15, -0.1) is 22.6 Å². The highest BCUT2D eigenvalue weighted by atomic mass is 35.5. The summed E-state index contributed by atoms with van der Waals surface area (Å²) in [5.74, 6) is 3.05. The van der Waals surface area contributed by atoms with Crippen LogP contribution in [-0.4, -0.2) is 46.1 Å². The van der Waals surface area contributed by atoms with E-state index in [4.69, 9.17) is 42.1 Å². The summed E-state index contributed by atoms with van der Waals surface area (Å²) in [4.78, 5) is 12.9. The van der Waals surface area contributed by atoms with E-state index in [-0.39, 0.29) is 30.6 Å². The summed E-state index contributed by atoms with van der Waals surface area (Å²) < 4.78 is 25.5. The van der Waals surface area contributed by atoms with Crippen LogP contribution >= 0.6 is 47.4 Å². The lowest BCUT2D eigenvalue weighted by molar-refractivity contribution is 0.0835. The molecular formula is C26H20Cl3N3O5S. The number of nitrogens with zero attached hydrogens (tertiary/aromatic N) is 3. The maximum absolute atomic E-state index is 12.9. The monoisotopic (exact) mass is 591 g/mol. The highest BCUT2D eigenvalue weighted by molar-refractivity contribution is 7.99. The lowest BCUT2D eigenvalue weighted by atomic mass is 10.1. The Labute approximate surface area is 238 Å². The summed E-state index contributed by atoms with van der Waals surface area (Å²) in [6, 6.07) is 17.9. The minimum Gasteiger partial charge on any atom is -0.486 e. The fourth-order valence-corrected chi connectivity index (χ4v) is 5.42. The number of para-hydroxylation sites is 2. The van der Waals surface area contributed by atoms with Crippen LogP contribution in [0.5, 0.6) is 23.0 Å². The Morgan fingerprint density at radius 3 is 2.50 bits per heavy atom. The van der Waals surface area contributed by atoms with E-state index in [0.29, 0.717) is 62.8 Å². The molecule has 196 valence electrons. The van der Waals surface area contributed by atoms with E-state index in [1.54, 1.807) is 18.2 Å². The van der Waals surface area contributed by atoms with Crippen molar-refractivity contribution in [2.45, 2.75) is 11.3 Å². The minimum absolute atomic E-state index is 0. The first kappa shape index (κ1) is 26.5. The zero-order valence-corrected chi connectivity index (χ0v) is 22.8. The largest absolute Gasteiger partial charge is 0.486 e. The first-order valence-electron chi connectivity index (χ1n) is 11.4. The van der Waals surface area contributed by atoms with E-state index in [1.807, 2.05) is 47.0 Å². The quantitative estimate of drug-likeness (QED) is 0.192. The second-order valence-corrected chi connectivity index (χ2v) is 9.99. The van der Waals surface area contributed by atoms with Gasteiger partial charge in [-0.3, -0.25) is 9.36 Å². The predicted octanol–water partition coefficient (Wildman–Crippen LogP) is 6.25. The number of ether oxygens (including phenoxy) is 4. The van der Waals surface area contributed by atoms with Gasteiger partial charge in [-0.1, -0.05) is 47.1 Å². The number of hydrogen-bond acceptors (Lipinski definition) is 8. The van der Waals surface area contributed by atoms with Crippen LogP contribution in [-0.2, 0) is 0 Å². The second kappa shape index (κ2) is 11.3. The zero-order valence-electron chi connectivity index (χ0n) is 19.6. The summed E-state index contributed by atoms with van der Waals surface area (Å²) in [5.41, 5.74) is 1.14. The number of ketones is 1. The minimum atomic E-state index is -0.522. The number of carbonyl (C=O) groups excluding carboxylic acids is 1. The Kier molecular flexibility index (Phi) is 7.90. The lowest BCUT2D eigenvalue weighted by Gasteiger charge is -2.26. The number of hydrogen-bond donors (Lipinski definition) is 0. The van der Waals surface area contributed by atoms with Gasteiger partial charge in [-0.25, -0.2) is 0 Å². The first-order chi connectivity index (χ1) is 18.1. The molecule has 1 aromatic heterocycles. The van der Waals surface area contributed by atoms with E-state index in [0.717, 1.165) is 5.69 Å². The molecule has 0 spiro atoms. The van der Waals surface area contributed by atoms with Crippen molar-refractivity contribution >= 4 is 53.2 Å². The SMILES string of the molecule is Cl.O=C(CSc1nnc(C2COc3ccccc3O2)n1-c1ccc2c(c1)OCCO2)c1ccc(Cl)cc1Cl. The zero-order chi connectivity index (χ0) is 25.4. The van der Waals surface area contributed by atoms with Gasteiger partial charge < -0.3 is 18.9 Å². The Hall–Kier alpha value is -3.11.